The number of benzene rings is 1. The van der Waals surface area contributed by atoms with Crippen LogP contribution in [0.3, 0.4) is 0 Å². The van der Waals surface area contributed by atoms with Gasteiger partial charge in [-0.15, -0.1) is 5.56 Å². The molecule has 1 rings (SSSR count). The molecule has 0 fully saturated rings. The summed E-state index contributed by atoms with van der Waals surface area (Å²) in [5.74, 6) is 0. The first-order valence-corrected chi connectivity index (χ1v) is 9.96. The summed E-state index contributed by atoms with van der Waals surface area (Å²) in [5.41, 5.74) is 0.601. The largest absolute Gasteiger partial charge is 1.00 e. The van der Waals surface area contributed by atoms with Gasteiger partial charge in [0.1, 0.15) is 0 Å². The fourth-order valence-electron chi connectivity index (χ4n) is 2.68. The number of rotatable bonds is 12. The van der Waals surface area contributed by atoms with Gasteiger partial charge in [-0.2, -0.15) is 24.3 Å². The van der Waals surface area contributed by atoms with Crippen molar-refractivity contribution in [3.05, 3.63) is 29.8 Å². The fourth-order valence-corrected chi connectivity index (χ4v) is 3.41. The van der Waals surface area contributed by atoms with Gasteiger partial charge in [0.2, 0.25) is 10.1 Å². The van der Waals surface area contributed by atoms with E-state index in [1.54, 1.807) is 12.1 Å². The minimum absolute atomic E-state index is 0. The number of hydrogen-bond donors (Lipinski definition) is 1. The van der Waals surface area contributed by atoms with Gasteiger partial charge in [0.05, 0.1) is 0 Å². The van der Waals surface area contributed by atoms with E-state index < -0.39 is 10.1 Å². The monoisotopic (exact) mass is 348 g/mol. The van der Waals surface area contributed by atoms with E-state index in [2.05, 4.69) is 13.0 Å². The molecular formula is C18H29NaO3S. The van der Waals surface area contributed by atoms with E-state index >= 15 is 0 Å². The molecule has 0 aliphatic rings. The number of unbranched alkanes of at least 4 members (excludes halogenated alkanes) is 9. The maximum Gasteiger partial charge on any atom is 1.00 e. The Balaban J connectivity index is 0.00000484. The molecule has 0 unspecified atom stereocenters. The first kappa shape index (κ1) is 23.1. The summed E-state index contributed by atoms with van der Waals surface area (Å²) in [4.78, 5) is 0.00549. The van der Waals surface area contributed by atoms with Crippen molar-refractivity contribution in [3.8, 4) is 0 Å². The van der Waals surface area contributed by atoms with E-state index in [-0.39, 0.29) is 34.5 Å². The molecule has 0 atom stereocenters. The molecule has 23 heavy (non-hydrogen) atoms. The van der Waals surface area contributed by atoms with Crippen LogP contribution < -0.4 is 29.6 Å². The molecule has 1 aromatic rings. The van der Waals surface area contributed by atoms with Crippen LogP contribution in [0.4, 0.5) is 0 Å². The summed E-state index contributed by atoms with van der Waals surface area (Å²) < 4.78 is 31.7. The fraction of sp³-hybridized carbons (Fsp3) is 0.667. The van der Waals surface area contributed by atoms with Crippen LogP contribution in [0.2, 0.25) is 0 Å². The van der Waals surface area contributed by atoms with Crippen molar-refractivity contribution in [1.82, 2.24) is 0 Å². The Kier molecular flexibility index (Phi) is 13.5. The standard InChI is InChI=1S/C18H29O3S.Na/c1-2-3-4-5-6-7-8-9-10-11-14-17-15-12-13-16-18(17)22(19,20)21;/h12-13,16H,2-11,14H2,1H3,(H,19,20,21);/q-1;+1. The van der Waals surface area contributed by atoms with Crippen LogP contribution in [-0.2, 0) is 16.5 Å². The van der Waals surface area contributed by atoms with Crippen LogP contribution in [-0.4, -0.2) is 13.0 Å². The Hall–Kier alpha value is 0.130. The topological polar surface area (TPSA) is 54.4 Å². The third-order valence-corrected chi connectivity index (χ3v) is 4.90. The van der Waals surface area contributed by atoms with E-state index in [1.807, 2.05) is 0 Å². The quantitative estimate of drug-likeness (QED) is 0.273. The van der Waals surface area contributed by atoms with Crippen molar-refractivity contribution >= 4 is 10.1 Å². The first-order valence-electron chi connectivity index (χ1n) is 8.52. The van der Waals surface area contributed by atoms with Crippen LogP contribution in [0.5, 0.6) is 0 Å². The molecule has 126 valence electrons. The average Bonchev–Trinajstić information content (AvgIpc) is 2.48. The normalized spacial score (nSPS) is 11.2. The SMILES string of the molecule is CCCCCCCCCCCCc1[c-]cccc1S(=O)(=O)O.[Na+]. The molecular weight excluding hydrogens is 319 g/mol. The van der Waals surface area contributed by atoms with Gasteiger partial charge in [0.15, 0.2) is 0 Å². The van der Waals surface area contributed by atoms with Crippen molar-refractivity contribution in [2.75, 3.05) is 0 Å². The Morgan fingerprint density at radius 1 is 0.957 bits per heavy atom. The van der Waals surface area contributed by atoms with Gasteiger partial charge in [-0.05, 0) is 11.3 Å². The van der Waals surface area contributed by atoms with Crippen LogP contribution in [0.25, 0.3) is 0 Å². The smallest absolute Gasteiger partial charge is 0.291 e. The number of aryl methyl sites for hydroxylation is 1. The molecule has 0 aliphatic heterocycles. The van der Waals surface area contributed by atoms with Crippen molar-refractivity contribution in [1.29, 1.82) is 0 Å². The Morgan fingerprint density at radius 2 is 1.48 bits per heavy atom. The van der Waals surface area contributed by atoms with Gasteiger partial charge in [0.25, 0.3) is 0 Å². The van der Waals surface area contributed by atoms with E-state index in [0.717, 1.165) is 12.8 Å². The van der Waals surface area contributed by atoms with Gasteiger partial charge < -0.3 is 0 Å². The maximum absolute atomic E-state index is 11.3. The zero-order valence-corrected chi connectivity index (χ0v) is 17.5. The van der Waals surface area contributed by atoms with Crippen molar-refractivity contribution in [2.45, 2.75) is 82.4 Å². The third-order valence-electron chi connectivity index (χ3n) is 3.96. The molecule has 0 radical (unpaired) electrons. The maximum atomic E-state index is 11.3. The van der Waals surface area contributed by atoms with Crippen molar-refractivity contribution < 1.29 is 42.5 Å². The van der Waals surface area contributed by atoms with Crippen LogP contribution in [0.1, 0.15) is 76.7 Å². The molecule has 0 saturated carbocycles. The summed E-state index contributed by atoms with van der Waals surface area (Å²) in [6.07, 6.45) is 13.2. The molecule has 1 N–H and O–H groups in total. The second kappa shape index (κ2) is 13.4. The molecule has 5 heteroatoms. The van der Waals surface area contributed by atoms with Gasteiger partial charge in [-0.1, -0.05) is 71.1 Å². The average molecular weight is 348 g/mol. The Labute approximate surface area is 164 Å². The second-order valence-corrected chi connectivity index (χ2v) is 7.31. The molecule has 1 aromatic carbocycles. The van der Waals surface area contributed by atoms with E-state index in [0.29, 0.717) is 12.0 Å². The van der Waals surface area contributed by atoms with Crippen LogP contribution in [0.15, 0.2) is 23.1 Å². The summed E-state index contributed by atoms with van der Waals surface area (Å²) >= 11 is 0. The summed E-state index contributed by atoms with van der Waals surface area (Å²) in [7, 11) is -4.13. The third kappa shape index (κ3) is 10.6. The molecule has 0 spiro atoms. The van der Waals surface area contributed by atoms with Crippen LogP contribution >= 0.6 is 0 Å². The summed E-state index contributed by atoms with van der Waals surface area (Å²) in [6, 6.07) is 7.66. The molecule has 0 heterocycles. The first-order chi connectivity index (χ1) is 10.6. The van der Waals surface area contributed by atoms with Gasteiger partial charge in [-0.3, -0.25) is 4.55 Å². The molecule has 0 saturated heterocycles. The van der Waals surface area contributed by atoms with Gasteiger partial charge in [0, 0.05) is 0 Å². The molecule has 0 bridgehead atoms. The Morgan fingerprint density at radius 3 is 2.00 bits per heavy atom. The van der Waals surface area contributed by atoms with E-state index in [9.17, 15) is 13.0 Å². The van der Waals surface area contributed by atoms with Gasteiger partial charge in [-0.25, -0.2) is 8.42 Å². The van der Waals surface area contributed by atoms with Crippen molar-refractivity contribution in [2.24, 2.45) is 0 Å². The zero-order valence-electron chi connectivity index (χ0n) is 14.7. The molecule has 3 nitrogen and oxygen atoms in total. The minimum atomic E-state index is -4.13. The van der Waals surface area contributed by atoms with Crippen LogP contribution in [0, 0.1) is 6.07 Å². The molecule has 0 aliphatic carbocycles. The Bertz CT molecular complexity index is 515. The van der Waals surface area contributed by atoms with E-state index in [1.165, 1.54) is 57.4 Å². The van der Waals surface area contributed by atoms with E-state index in [4.69, 9.17) is 0 Å². The molecule has 0 aromatic heterocycles. The minimum Gasteiger partial charge on any atom is -0.291 e. The van der Waals surface area contributed by atoms with Gasteiger partial charge >= 0.3 is 29.6 Å². The predicted octanol–water partition coefficient (Wildman–Crippen LogP) is 2.20. The van der Waals surface area contributed by atoms with Crippen molar-refractivity contribution in [3.63, 3.8) is 0 Å². The summed E-state index contributed by atoms with van der Waals surface area (Å²) in [5, 5.41) is 0. The number of hydrogen-bond acceptors (Lipinski definition) is 2. The molecule has 0 amide bonds. The summed E-state index contributed by atoms with van der Waals surface area (Å²) in [6.45, 7) is 2.23. The predicted molar refractivity (Wildman–Crippen MR) is 90.6 cm³/mol. The second-order valence-electron chi connectivity index (χ2n) is 5.92. The zero-order chi connectivity index (χ0) is 16.3.